The molecule has 8 nitrogen and oxygen atoms in total. The summed E-state index contributed by atoms with van der Waals surface area (Å²) in [5, 5.41) is 7.24. The van der Waals surface area contributed by atoms with Crippen LogP contribution in [0.5, 0.6) is 11.5 Å². The summed E-state index contributed by atoms with van der Waals surface area (Å²) in [5.41, 5.74) is 2.08. The fourth-order valence-corrected chi connectivity index (χ4v) is 4.15. The largest absolute Gasteiger partial charge is 0.497 e. The molecule has 0 bridgehead atoms. The molecule has 1 saturated heterocycles. The maximum Gasteiger partial charge on any atom is 0.241 e. The number of nitrogens with one attached hydrogen (secondary N) is 1. The van der Waals surface area contributed by atoms with E-state index in [0.29, 0.717) is 31.4 Å². The molecule has 3 aromatic rings. The SMILES string of the molecule is COc1ccc(OCC(C)NC(=O)C2CCCN(Cc3nc(-c4ccccc4C)no3)C2)cc1. The van der Waals surface area contributed by atoms with Gasteiger partial charge >= 0.3 is 0 Å². The van der Waals surface area contributed by atoms with Gasteiger partial charge in [-0.25, -0.2) is 0 Å². The maximum atomic E-state index is 12.9. The van der Waals surface area contributed by atoms with E-state index in [1.54, 1.807) is 7.11 Å². The van der Waals surface area contributed by atoms with Crippen molar-refractivity contribution < 1.29 is 18.8 Å². The first-order chi connectivity index (χ1) is 16.5. The standard InChI is InChI=1S/C26H32N4O4/c1-18-7-4-5-9-23(18)25-28-24(34-29-25)16-30-14-6-8-20(15-30)26(31)27-19(2)17-33-22-12-10-21(32-3)11-13-22/h4-5,7,9-13,19-20H,6,8,14-17H2,1-3H3,(H,27,31). The second-order valence-electron chi connectivity index (χ2n) is 8.80. The van der Waals surface area contributed by atoms with Gasteiger partial charge in [-0.1, -0.05) is 29.4 Å². The van der Waals surface area contributed by atoms with Crippen molar-refractivity contribution in [3.8, 4) is 22.9 Å². The molecule has 2 aromatic carbocycles. The summed E-state index contributed by atoms with van der Waals surface area (Å²) in [6.45, 7) is 6.49. The van der Waals surface area contributed by atoms with Crippen molar-refractivity contribution in [1.29, 1.82) is 0 Å². The van der Waals surface area contributed by atoms with Crippen LogP contribution in [0.3, 0.4) is 0 Å². The van der Waals surface area contributed by atoms with Crippen LogP contribution >= 0.6 is 0 Å². The van der Waals surface area contributed by atoms with Gasteiger partial charge in [0.25, 0.3) is 0 Å². The van der Waals surface area contributed by atoms with Crippen molar-refractivity contribution >= 4 is 5.91 Å². The molecule has 1 fully saturated rings. The average Bonchev–Trinajstić information content (AvgIpc) is 3.31. The smallest absolute Gasteiger partial charge is 0.241 e. The highest BCUT2D eigenvalue weighted by molar-refractivity contribution is 5.79. The first-order valence-electron chi connectivity index (χ1n) is 11.7. The van der Waals surface area contributed by atoms with Crippen molar-refractivity contribution in [3.63, 3.8) is 0 Å². The van der Waals surface area contributed by atoms with E-state index in [0.717, 1.165) is 42.0 Å². The number of ether oxygens (including phenoxy) is 2. The molecule has 0 saturated carbocycles. The number of aromatic nitrogens is 2. The normalized spacial score (nSPS) is 17.2. The Balaban J connectivity index is 1.26. The summed E-state index contributed by atoms with van der Waals surface area (Å²) < 4.78 is 16.4. The third-order valence-electron chi connectivity index (χ3n) is 6.04. The lowest BCUT2D eigenvalue weighted by molar-refractivity contribution is -0.127. The fourth-order valence-electron chi connectivity index (χ4n) is 4.15. The number of carbonyl (C=O) groups excluding carboxylic acids is 1. The molecule has 0 radical (unpaired) electrons. The lowest BCUT2D eigenvalue weighted by Crippen LogP contribution is -2.46. The van der Waals surface area contributed by atoms with E-state index in [9.17, 15) is 4.79 Å². The molecular formula is C26H32N4O4. The molecule has 4 rings (SSSR count). The second kappa shape index (κ2) is 11.2. The van der Waals surface area contributed by atoms with Crippen LogP contribution in [-0.2, 0) is 11.3 Å². The molecule has 1 N–H and O–H groups in total. The van der Waals surface area contributed by atoms with Crippen LogP contribution in [0.1, 0.15) is 31.2 Å². The lowest BCUT2D eigenvalue weighted by atomic mass is 9.97. The van der Waals surface area contributed by atoms with Crippen LogP contribution in [0.4, 0.5) is 0 Å². The summed E-state index contributed by atoms with van der Waals surface area (Å²) in [7, 11) is 1.63. The molecule has 180 valence electrons. The topological polar surface area (TPSA) is 89.7 Å². The Labute approximate surface area is 200 Å². The number of benzene rings is 2. The van der Waals surface area contributed by atoms with E-state index in [1.165, 1.54) is 0 Å². The molecule has 0 aliphatic carbocycles. The van der Waals surface area contributed by atoms with Crippen LogP contribution in [0.15, 0.2) is 53.1 Å². The molecule has 8 heteroatoms. The van der Waals surface area contributed by atoms with E-state index in [4.69, 9.17) is 14.0 Å². The number of nitrogens with zero attached hydrogens (tertiary/aromatic N) is 3. The summed E-state index contributed by atoms with van der Waals surface area (Å²) >= 11 is 0. The number of rotatable bonds is 9. The maximum absolute atomic E-state index is 12.9. The number of likely N-dealkylation sites (tertiary alicyclic amines) is 1. The minimum Gasteiger partial charge on any atom is -0.497 e. The Kier molecular flexibility index (Phi) is 7.80. The van der Waals surface area contributed by atoms with Crippen LogP contribution in [0, 0.1) is 12.8 Å². The Morgan fingerprint density at radius 2 is 1.97 bits per heavy atom. The second-order valence-corrected chi connectivity index (χ2v) is 8.80. The minimum atomic E-state index is -0.0995. The Hall–Kier alpha value is -3.39. The Bertz CT molecular complexity index is 1080. The third kappa shape index (κ3) is 6.14. The van der Waals surface area contributed by atoms with Gasteiger partial charge in [0.2, 0.25) is 17.6 Å². The number of amides is 1. The molecule has 2 atom stereocenters. The van der Waals surface area contributed by atoms with Crippen LogP contribution in [-0.4, -0.2) is 53.8 Å². The molecule has 34 heavy (non-hydrogen) atoms. The zero-order valence-corrected chi connectivity index (χ0v) is 20.0. The predicted octanol–water partition coefficient (Wildman–Crippen LogP) is 3.85. The zero-order chi connectivity index (χ0) is 23.9. The van der Waals surface area contributed by atoms with Gasteiger partial charge in [-0.05, 0) is 63.1 Å². The van der Waals surface area contributed by atoms with Gasteiger partial charge in [0.15, 0.2) is 0 Å². The average molecular weight is 465 g/mol. The number of carbonyl (C=O) groups is 1. The van der Waals surface area contributed by atoms with E-state index in [2.05, 4.69) is 20.4 Å². The Morgan fingerprint density at radius 1 is 1.21 bits per heavy atom. The number of methoxy groups -OCH3 is 1. The van der Waals surface area contributed by atoms with E-state index in [-0.39, 0.29) is 17.9 Å². The molecule has 0 spiro atoms. The summed E-state index contributed by atoms with van der Waals surface area (Å²) in [5.74, 6) is 2.68. The first kappa shape index (κ1) is 23.8. The number of hydrogen-bond donors (Lipinski definition) is 1. The van der Waals surface area contributed by atoms with E-state index < -0.39 is 0 Å². The van der Waals surface area contributed by atoms with Gasteiger partial charge in [-0.3, -0.25) is 9.69 Å². The highest BCUT2D eigenvalue weighted by atomic mass is 16.5. The molecule has 1 aromatic heterocycles. The number of hydrogen-bond acceptors (Lipinski definition) is 7. The lowest BCUT2D eigenvalue weighted by Gasteiger charge is -2.31. The molecule has 1 aliphatic rings. The minimum absolute atomic E-state index is 0.0571. The summed E-state index contributed by atoms with van der Waals surface area (Å²) in [4.78, 5) is 19.6. The monoisotopic (exact) mass is 464 g/mol. The first-order valence-corrected chi connectivity index (χ1v) is 11.7. The van der Waals surface area contributed by atoms with Gasteiger partial charge in [-0.2, -0.15) is 4.98 Å². The van der Waals surface area contributed by atoms with Crippen LogP contribution in [0.25, 0.3) is 11.4 Å². The van der Waals surface area contributed by atoms with Crippen molar-refractivity contribution in [3.05, 3.63) is 60.0 Å². The van der Waals surface area contributed by atoms with E-state index in [1.807, 2.05) is 62.4 Å². The third-order valence-corrected chi connectivity index (χ3v) is 6.04. The highest BCUT2D eigenvalue weighted by Crippen LogP contribution is 2.22. The van der Waals surface area contributed by atoms with Crippen molar-refractivity contribution in [1.82, 2.24) is 20.4 Å². The van der Waals surface area contributed by atoms with Crippen molar-refractivity contribution in [2.75, 3.05) is 26.8 Å². The molecule has 1 aliphatic heterocycles. The van der Waals surface area contributed by atoms with E-state index >= 15 is 0 Å². The molecular weight excluding hydrogens is 432 g/mol. The van der Waals surface area contributed by atoms with Gasteiger partial charge in [0, 0.05) is 12.1 Å². The number of aryl methyl sites for hydroxylation is 1. The highest BCUT2D eigenvalue weighted by Gasteiger charge is 2.27. The van der Waals surface area contributed by atoms with Crippen LogP contribution in [0.2, 0.25) is 0 Å². The summed E-state index contributed by atoms with van der Waals surface area (Å²) in [6, 6.07) is 15.3. The zero-order valence-electron chi connectivity index (χ0n) is 20.0. The van der Waals surface area contributed by atoms with Gasteiger partial charge < -0.3 is 19.3 Å². The van der Waals surface area contributed by atoms with Gasteiger partial charge in [-0.15, -0.1) is 0 Å². The van der Waals surface area contributed by atoms with Crippen LogP contribution < -0.4 is 14.8 Å². The summed E-state index contributed by atoms with van der Waals surface area (Å²) in [6.07, 6.45) is 1.82. The van der Waals surface area contributed by atoms with Crippen molar-refractivity contribution in [2.45, 2.75) is 39.3 Å². The molecule has 1 amide bonds. The van der Waals surface area contributed by atoms with Gasteiger partial charge in [0.1, 0.15) is 18.1 Å². The van der Waals surface area contributed by atoms with Crippen molar-refractivity contribution in [2.24, 2.45) is 5.92 Å². The fraction of sp³-hybridized carbons (Fsp3) is 0.423. The Morgan fingerprint density at radius 3 is 2.74 bits per heavy atom. The number of piperidine rings is 1. The quantitative estimate of drug-likeness (QED) is 0.514. The molecule has 2 heterocycles. The van der Waals surface area contributed by atoms with Gasteiger partial charge in [0.05, 0.1) is 25.6 Å². The predicted molar refractivity (Wildman–Crippen MR) is 129 cm³/mol. The molecule has 2 unspecified atom stereocenters.